The molecule has 0 spiro atoms. The van der Waals surface area contributed by atoms with Crippen LogP contribution < -0.4 is 4.74 Å². The number of aromatic amines is 1. The van der Waals surface area contributed by atoms with Crippen LogP contribution in [0.5, 0.6) is 5.75 Å². The minimum atomic E-state index is -0.00239. The van der Waals surface area contributed by atoms with Crippen molar-refractivity contribution in [3.8, 4) is 16.9 Å². The minimum Gasteiger partial charge on any atom is -0.496 e. The lowest BCUT2D eigenvalue weighted by molar-refractivity contribution is 0.101. The third kappa shape index (κ3) is 2.05. The van der Waals surface area contributed by atoms with E-state index in [0.29, 0.717) is 11.3 Å². The first kappa shape index (κ1) is 12.4. The van der Waals surface area contributed by atoms with Gasteiger partial charge in [-0.05, 0) is 42.3 Å². The van der Waals surface area contributed by atoms with E-state index < -0.39 is 0 Å². The third-order valence-electron chi connectivity index (χ3n) is 3.33. The minimum absolute atomic E-state index is 0.00239. The lowest BCUT2D eigenvalue weighted by atomic mass is 10.0. The van der Waals surface area contributed by atoms with Crippen LogP contribution in [0.3, 0.4) is 0 Å². The summed E-state index contributed by atoms with van der Waals surface area (Å²) >= 11 is 0. The molecule has 0 saturated carbocycles. The van der Waals surface area contributed by atoms with Crippen LogP contribution in [0.25, 0.3) is 22.2 Å². The molecule has 0 aliphatic heterocycles. The van der Waals surface area contributed by atoms with Crippen molar-refractivity contribution in [2.24, 2.45) is 0 Å². The zero-order valence-corrected chi connectivity index (χ0v) is 11.3. The molecule has 0 unspecified atom stereocenters. The fourth-order valence-corrected chi connectivity index (χ4v) is 2.28. The Morgan fingerprint density at radius 1 is 1.15 bits per heavy atom. The van der Waals surface area contributed by atoms with Crippen LogP contribution in [0.15, 0.2) is 42.7 Å². The fraction of sp³-hybridized carbons (Fsp3) is 0.125. The first-order valence-electron chi connectivity index (χ1n) is 6.31. The van der Waals surface area contributed by atoms with Gasteiger partial charge in [0.15, 0.2) is 5.78 Å². The Bertz CT molecular complexity index is 790. The van der Waals surface area contributed by atoms with Gasteiger partial charge in [-0.2, -0.15) is 0 Å². The van der Waals surface area contributed by atoms with Gasteiger partial charge >= 0.3 is 0 Å². The molecule has 1 aromatic heterocycles. The molecule has 0 amide bonds. The van der Waals surface area contributed by atoms with Gasteiger partial charge in [-0.1, -0.05) is 12.1 Å². The Balaban J connectivity index is 2.11. The molecule has 0 radical (unpaired) electrons. The van der Waals surface area contributed by atoms with Crippen LogP contribution in [0.1, 0.15) is 17.3 Å². The van der Waals surface area contributed by atoms with E-state index in [-0.39, 0.29) is 5.78 Å². The van der Waals surface area contributed by atoms with Crippen LogP contribution in [-0.4, -0.2) is 22.9 Å². The standard InChI is InChI=1S/C16H14N2O2/c1-10(19)13-5-3-12(8-16(13)20-2)11-4-6-14-15(7-11)18-9-17-14/h3-9H,1-2H3,(H,17,18). The monoisotopic (exact) mass is 266 g/mol. The van der Waals surface area contributed by atoms with Crippen molar-refractivity contribution in [3.63, 3.8) is 0 Å². The second-order valence-electron chi connectivity index (χ2n) is 4.61. The number of ether oxygens (including phenoxy) is 1. The van der Waals surface area contributed by atoms with Gasteiger partial charge in [-0.25, -0.2) is 4.98 Å². The number of Topliss-reactive ketones (excluding diaryl/α,β-unsaturated/α-hetero) is 1. The number of aromatic nitrogens is 2. The molecular weight excluding hydrogens is 252 g/mol. The van der Waals surface area contributed by atoms with Gasteiger partial charge in [0.25, 0.3) is 0 Å². The van der Waals surface area contributed by atoms with Gasteiger partial charge in [-0.3, -0.25) is 4.79 Å². The smallest absolute Gasteiger partial charge is 0.163 e. The lowest BCUT2D eigenvalue weighted by Crippen LogP contribution is -1.97. The maximum absolute atomic E-state index is 11.5. The van der Waals surface area contributed by atoms with Crippen LogP contribution in [-0.2, 0) is 0 Å². The number of carbonyl (C=O) groups is 1. The molecule has 0 atom stereocenters. The molecule has 3 rings (SSSR count). The topological polar surface area (TPSA) is 55.0 Å². The summed E-state index contributed by atoms with van der Waals surface area (Å²) in [7, 11) is 1.57. The van der Waals surface area contributed by atoms with E-state index in [9.17, 15) is 4.79 Å². The molecule has 20 heavy (non-hydrogen) atoms. The van der Waals surface area contributed by atoms with Crippen LogP contribution in [0.4, 0.5) is 0 Å². The first-order valence-corrected chi connectivity index (χ1v) is 6.31. The van der Waals surface area contributed by atoms with Crippen LogP contribution >= 0.6 is 0 Å². The van der Waals surface area contributed by atoms with Crippen molar-refractivity contribution in [2.45, 2.75) is 6.92 Å². The van der Waals surface area contributed by atoms with E-state index in [0.717, 1.165) is 22.2 Å². The number of fused-ring (bicyclic) bond motifs is 1. The second-order valence-corrected chi connectivity index (χ2v) is 4.61. The maximum atomic E-state index is 11.5. The molecule has 0 fully saturated rings. The molecule has 0 aliphatic rings. The van der Waals surface area contributed by atoms with Gasteiger partial charge in [0.05, 0.1) is 30.0 Å². The molecule has 1 heterocycles. The molecule has 0 aliphatic carbocycles. The predicted molar refractivity (Wildman–Crippen MR) is 78.1 cm³/mol. The van der Waals surface area contributed by atoms with Crippen molar-refractivity contribution in [3.05, 3.63) is 48.3 Å². The van der Waals surface area contributed by atoms with E-state index in [1.54, 1.807) is 19.5 Å². The molecular formula is C16H14N2O2. The highest BCUT2D eigenvalue weighted by atomic mass is 16.5. The Labute approximate surface area is 116 Å². The molecule has 3 aromatic rings. The highest BCUT2D eigenvalue weighted by molar-refractivity contribution is 5.97. The van der Waals surface area contributed by atoms with Gasteiger partial charge in [0.2, 0.25) is 0 Å². The normalized spacial score (nSPS) is 10.7. The van der Waals surface area contributed by atoms with Crippen LogP contribution in [0, 0.1) is 0 Å². The quantitative estimate of drug-likeness (QED) is 0.739. The number of hydrogen-bond acceptors (Lipinski definition) is 3. The van der Waals surface area contributed by atoms with Crippen molar-refractivity contribution in [1.82, 2.24) is 9.97 Å². The molecule has 4 heteroatoms. The van der Waals surface area contributed by atoms with Gasteiger partial charge in [0.1, 0.15) is 5.75 Å². The van der Waals surface area contributed by atoms with Crippen molar-refractivity contribution in [1.29, 1.82) is 0 Å². The average molecular weight is 266 g/mol. The van der Waals surface area contributed by atoms with Crippen LogP contribution in [0.2, 0.25) is 0 Å². The van der Waals surface area contributed by atoms with E-state index in [2.05, 4.69) is 9.97 Å². The van der Waals surface area contributed by atoms with Crippen molar-refractivity contribution < 1.29 is 9.53 Å². The summed E-state index contributed by atoms with van der Waals surface area (Å²) in [5.74, 6) is 0.595. The van der Waals surface area contributed by atoms with E-state index >= 15 is 0 Å². The Hall–Kier alpha value is -2.62. The highest BCUT2D eigenvalue weighted by Gasteiger charge is 2.10. The molecule has 0 saturated heterocycles. The number of hydrogen-bond donors (Lipinski definition) is 1. The SMILES string of the molecule is COc1cc(-c2ccc3nc[nH]c3c2)ccc1C(C)=O. The number of H-pyrrole nitrogens is 1. The summed E-state index contributed by atoms with van der Waals surface area (Å²) < 4.78 is 5.30. The van der Waals surface area contributed by atoms with E-state index in [4.69, 9.17) is 4.74 Å². The number of methoxy groups -OCH3 is 1. The van der Waals surface area contributed by atoms with Gasteiger partial charge in [0, 0.05) is 0 Å². The second kappa shape index (κ2) is 4.81. The molecule has 2 aromatic carbocycles. The van der Waals surface area contributed by atoms with Gasteiger partial charge in [-0.15, -0.1) is 0 Å². The van der Waals surface area contributed by atoms with E-state index in [1.807, 2.05) is 30.3 Å². The number of rotatable bonds is 3. The summed E-state index contributed by atoms with van der Waals surface area (Å²) in [6.07, 6.45) is 1.67. The Kier molecular flexibility index (Phi) is 2.99. The molecule has 4 nitrogen and oxygen atoms in total. The number of carbonyl (C=O) groups excluding carboxylic acids is 1. The van der Waals surface area contributed by atoms with Crippen molar-refractivity contribution in [2.75, 3.05) is 7.11 Å². The Morgan fingerprint density at radius 2 is 1.90 bits per heavy atom. The zero-order valence-electron chi connectivity index (χ0n) is 11.3. The third-order valence-corrected chi connectivity index (χ3v) is 3.33. The molecule has 1 N–H and O–H groups in total. The fourth-order valence-electron chi connectivity index (χ4n) is 2.28. The molecule has 0 bridgehead atoms. The summed E-state index contributed by atoms with van der Waals surface area (Å²) in [6.45, 7) is 1.54. The number of ketones is 1. The van der Waals surface area contributed by atoms with E-state index in [1.165, 1.54) is 6.92 Å². The number of imidazole rings is 1. The number of nitrogens with one attached hydrogen (secondary N) is 1. The summed E-state index contributed by atoms with van der Waals surface area (Å²) in [6, 6.07) is 11.6. The Morgan fingerprint density at radius 3 is 2.65 bits per heavy atom. The van der Waals surface area contributed by atoms with Crippen molar-refractivity contribution >= 4 is 16.8 Å². The first-order chi connectivity index (χ1) is 9.69. The predicted octanol–water partition coefficient (Wildman–Crippen LogP) is 3.44. The highest BCUT2D eigenvalue weighted by Crippen LogP contribution is 2.29. The lowest BCUT2D eigenvalue weighted by Gasteiger charge is -2.09. The number of benzene rings is 2. The maximum Gasteiger partial charge on any atom is 0.163 e. The largest absolute Gasteiger partial charge is 0.496 e. The van der Waals surface area contributed by atoms with Gasteiger partial charge < -0.3 is 9.72 Å². The summed E-state index contributed by atoms with van der Waals surface area (Å²) in [5, 5.41) is 0. The summed E-state index contributed by atoms with van der Waals surface area (Å²) in [4.78, 5) is 18.8. The average Bonchev–Trinajstić information content (AvgIpc) is 2.93. The summed E-state index contributed by atoms with van der Waals surface area (Å²) in [5.41, 5.74) is 4.57. The zero-order chi connectivity index (χ0) is 14.1. The molecule has 100 valence electrons. The number of nitrogens with zero attached hydrogens (tertiary/aromatic N) is 1.